The van der Waals surface area contributed by atoms with Crippen LogP contribution >= 0.6 is 0 Å². The molecule has 2 rings (SSSR count). The number of nitrogens with zero attached hydrogens (tertiary/aromatic N) is 1. The molecule has 24 heavy (non-hydrogen) atoms. The molecule has 0 aromatic heterocycles. The van der Waals surface area contributed by atoms with Crippen LogP contribution < -0.4 is 0 Å². The third-order valence-electron chi connectivity index (χ3n) is 4.56. The van der Waals surface area contributed by atoms with E-state index in [0.29, 0.717) is 12.1 Å². The van der Waals surface area contributed by atoms with Gasteiger partial charge in [0.25, 0.3) is 5.91 Å². The fourth-order valence-corrected chi connectivity index (χ4v) is 2.89. The third kappa shape index (κ3) is 3.56. The minimum absolute atomic E-state index is 0.0333. The number of carbonyl (C=O) groups excluding carboxylic acids is 2. The topological polar surface area (TPSA) is 37.4 Å². The highest BCUT2D eigenvalue weighted by Crippen LogP contribution is 2.31. The van der Waals surface area contributed by atoms with Crippen LogP contribution in [0, 0.1) is 0 Å². The van der Waals surface area contributed by atoms with Crippen molar-refractivity contribution in [2.75, 3.05) is 6.54 Å². The number of amides is 1. The SMILES string of the molecule is CCCCN(C(=O)c1ccccc1)[C@](C)(C(C)=O)c1ccccc1. The molecule has 1 atom stereocenters. The van der Waals surface area contributed by atoms with Gasteiger partial charge in [-0.15, -0.1) is 0 Å². The Bertz CT molecular complexity index is 681. The van der Waals surface area contributed by atoms with Crippen molar-refractivity contribution in [1.29, 1.82) is 0 Å². The molecule has 126 valence electrons. The van der Waals surface area contributed by atoms with E-state index in [1.807, 2.05) is 55.5 Å². The van der Waals surface area contributed by atoms with Gasteiger partial charge in [-0.3, -0.25) is 9.59 Å². The van der Waals surface area contributed by atoms with Gasteiger partial charge >= 0.3 is 0 Å². The van der Waals surface area contributed by atoms with Crippen LogP contribution in [-0.4, -0.2) is 23.1 Å². The van der Waals surface area contributed by atoms with Crippen molar-refractivity contribution in [3.8, 4) is 0 Å². The second-order valence-electron chi connectivity index (χ2n) is 6.17. The van der Waals surface area contributed by atoms with E-state index in [1.54, 1.807) is 24.0 Å². The summed E-state index contributed by atoms with van der Waals surface area (Å²) in [7, 11) is 0. The van der Waals surface area contributed by atoms with Crippen LogP contribution in [0.3, 0.4) is 0 Å². The lowest BCUT2D eigenvalue weighted by molar-refractivity contribution is -0.127. The molecule has 0 spiro atoms. The number of Topliss-reactive ketones (excluding diaryl/α,β-unsaturated/α-hetero) is 1. The first-order chi connectivity index (χ1) is 11.5. The quantitative estimate of drug-likeness (QED) is 0.756. The number of hydrogen-bond acceptors (Lipinski definition) is 2. The van der Waals surface area contributed by atoms with Gasteiger partial charge in [0.05, 0.1) is 0 Å². The Morgan fingerprint density at radius 1 is 0.958 bits per heavy atom. The fraction of sp³-hybridized carbons (Fsp3) is 0.333. The molecule has 0 heterocycles. The molecule has 0 fully saturated rings. The monoisotopic (exact) mass is 323 g/mol. The summed E-state index contributed by atoms with van der Waals surface area (Å²) in [5.74, 6) is -0.139. The van der Waals surface area contributed by atoms with Crippen LogP contribution in [0.25, 0.3) is 0 Å². The average molecular weight is 323 g/mol. The molecular weight excluding hydrogens is 298 g/mol. The van der Waals surface area contributed by atoms with Gasteiger partial charge in [-0.25, -0.2) is 0 Å². The lowest BCUT2D eigenvalue weighted by atomic mass is 9.85. The molecule has 0 saturated heterocycles. The molecule has 3 heteroatoms. The van der Waals surface area contributed by atoms with E-state index in [1.165, 1.54) is 0 Å². The maximum Gasteiger partial charge on any atom is 0.254 e. The first kappa shape index (κ1) is 17.9. The zero-order valence-corrected chi connectivity index (χ0v) is 14.7. The van der Waals surface area contributed by atoms with E-state index < -0.39 is 5.54 Å². The molecule has 0 bridgehead atoms. The Labute approximate surface area is 144 Å². The predicted molar refractivity (Wildman–Crippen MR) is 96.9 cm³/mol. The van der Waals surface area contributed by atoms with Gasteiger partial charge < -0.3 is 4.90 Å². The summed E-state index contributed by atoms with van der Waals surface area (Å²) in [6, 6.07) is 18.7. The molecule has 0 aliphatic carbocycles. The van der Waals surface area contributed by atoms with E-state index in [0.717, 1.165) is 18.4 Å². The minimum atomic E-state index is -0.969. The van der Waals surface area contributed by atoms with Gasteiger partial charge in [-0.1, -0.05) is 61.9 Å². The Kier molecular flexibility index (Phi) is 5.91. The van der Waals surface area contributed by atoms with E-state index in [-0.39, 0.29) is 11.7 Å². The maximum absolute atomic E-state index is 13.1. The summed E-state index contributed by atoms with van der Waals surface area (Å²) in [5.41, 5.74) is 0.485. The predicted octanol–water partition coefficient (Wildman–Crippen LogP) is 4.43. The lowest BCUT2D eigenvalue weighted by Gasteiger charge is -2.40. The summed E-state index contributed by atoms with van der Waals surface area (Å²) in [6.07, 6.45) is 1.82. The second kappa shape index (κ2) is 7.91. The molecule has 0 aliphatic rings. The number of ketones is 1. The zero-order valence-electron chi connectivity index (χ0n) is 14.7. The lowest BCUT2D eigenvalue weighted by Crippen LogP contribution is -2.52. The van der Waals surface area contributed by atoms with Gasteiger partial charge in [-0.05, 0) is 38.0 Å². The van der Waals surface area contributed by atoms with Crippen molar-refractivity contribution in [2.45, 2.75) is 39.2 Å². The Balaban J connectivity index is 2.51. The summed E-state index contributed by atoms with van der Waals surface area (Å²) in [5, 5.41) is 0. The number of rotatable bonds is 7. The highest BCUT2D eigenvalue weighted by atomic mass is 16.2. The summed E-state index contributed by atoms with van der Waals surface area (Å²) in [6.45, 7) is 6.04. The van der Waals surface area contributed by atoms with Gasteiger partial charge in [-0.2, -0.15) is 0 Å². The second-order valence-corrected chi connectivity index (χ2v) is 6.17. The molecule has 0 saturated carbocycles. The van der Waals surface area contributed by atoms with E-state index in [2.05, 4.69) is 6.92 Å². The van der Waals surface area contributed by atoms with Gasteiger partial charge in [0, 0.05) is 12.1 Å². The van der Waals surface area contributed by atoms with Crippen LogP contribution in [0.15, 0.2) is 60.7 Å². The Morgan fingerprint density at radius 3 is 2.00 bits per heavy atom. The van der Waals surface area contributed by atoms with Crippen molar-refractivity contribution in [3.05, 3.63) is 71.8 Å². The van der Waals surface area contributed by atoms with Crippen LogP contribution in [0.4, 0.5) is 0 Å². The highest BCUT2D eigenvalue weighted by molar-refractivity contribution is 5.99. The number of unbranched alkanes of at least 4 members (excludes halogenated alkanes) is 1. The fourth-order valence-electron chi connectivity index (χ4n) is 2.89. The number of hydrogen-bond donors (Lipinski definition) is 0. The molecule has 1 amide bonds. The third-order valence-corrected chi connectivity index (χ3v) is 4.56. The molecule has 0 unspecified atom stereocenters. The van der Waals surface area contributed by atoms with Crippen molar-refractivity contribution < 1.29 is 9.59 Å². The van der Waals surface area contributed by atoms with Crippen molar-refractivity contribution >= 4 is 11.7 Å². The highest BCUT2D eigenvalue weighted by Gasteiger charge is 2.41. The van der Waals surface area contributed by atoms with E-state index in [4.69, 9.17) is 0 Å². The molecule has 2 aromatic rings. The van der Waals surface area contributed by atoms with Gasteiger partial charge in [0.1, 0.15) is 5.54 Å². The molecule has 3 nitrogen and oxygen atoms in total. The molecule has 0 radical (unpaired) electrons. The zero-order chi connectivity index (χ0) is 17.6. The van der Waals surface area contributed by atoms with Crippen molar-refractivity contribution in [2.24, 2.45) is 0 Å². The first-order valence-corrected chi connectivity index (χ1v) is 8.45. The summed E-state index contributed by atoms with van der Waals surface area (Å²) < 4.78 is 0. The van der Waals surface area contributed by atoms with Crippen molar-refractivity contribution in [1.82, 2.24) is 4.90 Å². The van der Waals surface area contributed by atoms with Crippen LogP contribution in [0.1, 0.15) is 49.5 Å². The van der Waals surface area contributed by atoms with E-state index in [9.17, 15) is 9.59 Å². The normalized spacial score (nSPS) is 13.1. The molecular formula is C21H25NO2. The molecule has 2 aromatic carbocycles. The largest absolute Gasteiger partial charge is 0.322 e. The maximum atomic E-state index is 13.1. The summed E-state index contributed by atoms with van der Waals surface area (Å²) >= 11 is 0. The number of carbonyl (C=O) groups is 2. The van der Waals surface area contributed by atoms with Crippen LogP contribution in [0.5, 0.6) is 0 Å². The average Bonchev–Trinajstić information content (AvgIpc) is 2.62. The van der Waals surface area contributed by atoms with E-state index >= 15 is 0 Å². The van der Waals surface area contributed by atoms with Crippen LogP contribution in [0.2, 0.25) is 0 Å². The van der Waals surface area contributed by atoms with Crippen molar-refractivity contribution in [3.63, 3.8) is 0 Å². The first-order valence-electron chi connectivity index (χ1n) is 8.45. The van der Waals surface area contributed by atoms with Gasteiger partial charge in [0.2, 0.25) is 0 Å². The smallest absolute Gasteiger partial charge is 0.254 e. The summed E-state index contributed by atoms with van der Waals surface area (Å²) in [4.78, 5) is 27.5. The number of benzene rings is 2. The Morgan fingerprint density at radius 2 is 1.50 bits per heavy atom. The van der Waals surface area contributed by atoms with Crippen LogP contribution in [-0.2, 0) is 10.3 Å². The minimum Gasteiger partial charge on any atom is -0.322 e. The molecule has 0 N–H and O–H groups in total. The van der Waals surface area contributed by atoms with Gasteiger partial charge in [0.15, 0.2) is 5.78 Å². The Hall–Kier alpha value is -2.42. The molecule has 0 aliphatic heterocycles. The standard InChI is InChI=1S/C21H25NO2/c1-4-5-16-22(20(24)18-12-8-6-9-13-18)21(3,17(2)23)19-14-10-7-11-15-19/h6-15H,4-5,16H2,1-3H3/t21-/m1/s1.